The van der Waals surface area contributed by atoms with Gasteiger partial charge in [-0.1, -0.05) is 76.6 Å². The molecule has 0 unspecified atom stereocenters. The van der Waals surface area contributed by atoms with E-state index < -0.39 is 0 Å². The number of hydrogen-bond donors (Lipinski definition) is 0. The van der Waals surface area contributed by atoms with E-state index >= 15 is 0 Å². The molecule has 0 spiro atoms. The molecule has 0 bridgehead atoms. The predicted octanol–water partition coefficient (Wildman–Crippen LogP) is 5.11. The van der Waals surface area contributed by atoms with E-state index in [4.69, 9.17) is 9.73 Å². The van der Waals surface area contributed by atoms with Gasteiger partial charge in [-0.05, 0) is 23.8 Å². The molecule has 0 aliphatic carbocycles. The lowest BCUT2D eigenvalue weighted by Crippen LogP contribution is -2.42. The van der Waals surface area contributed by atoms with Gasteiger partial charge in [0.2, 0.25) is 0 Å². The van der Waals surface area contributed by atoms with Crippen molar-refractivity contribution in [2.75, 3.05) is 13.7 Å². The van der Waals surface area contributed by atoms with Crippen LogP contribution in [-0.4, -0.2) is 30.4 Å². The number of carbonyl (C=O) groups is 1. The van der Waals surface area contributed by atoms with Crippen molar-refractivity contribution in [3.8, 4) is 0 Å². The van der Waals surface area contributed by atoms with Gasteiger partial charge in [-0.3, -0.25) is 4.79 Å². The van der Waals surface area contributed by atoms with E-state index in [0.29, 0.717) is 0 Å². The number of carbonyl (C=O) groups excluding carboxylic acids is 1. The molecule has 4 rings (SSSR count). The first-order valence-electron chi connectivity index (χ1n) is 8.99. The highest BCUT2D eigenvalue weighted by atomic mass is 79.9. The largest absolute Gasteiger partial charge is 0.468 e. The van der Waals surface area contributed by atoms with Crippen molar-refractivity contribution in [1.82, 2.24) is 4.90 Å². The number of hydrogen-bond acceptors (Lipinski definition) is 4. The smallest absolute Gasteiger partial charge is 0.325 e. The highest BCUT2D eigenvalue weighted by Gasteiger charge is 2.33. The quantitative estimate of drug-likeness (QED) is 0.536. The summed E-state index contributed by atoms with van der Waals surface area (Å²) < 4.78 is 5.96. The van der Waals surface area contributed by atoms with Gasteiger partial charge in [0.05, 0.1) is 18.8 Å². The Morgan fingerprint density at radius 3 is 2.39 bits per heavy atom. The molecule has 0 fully saturated rings. The minimum absolute atomic E-state index is 0.107. The lowest BCUT2D eigenvalue weighted by atomic mass is 9.93. The molecule has 0 N–H and O–H groups in total. The molecule has 3 aromatic carbocycles. The van der Waals surface area contributed by atoms with Gasteiger partial charge in [0, 0.05) is 15.6 Å². The third-order valence-electron chi connectivity index (χ3n) is 4.77. The van der Waals surface area contributed by atoms with Crippen molar-refractivity contribution >= 4 is 33.4 Å². The van der Waals surface area contributed by atoms with Gasteiger partial charge in [-0.2, -0.15) is 0 Å². The van der Waals surface area contributed by atoms with Crippen LogP contribution in [0.4, 0.5) is 5.69 Å². The van der Waals surface area contributed by atoms with Gasteiger partial charge in [-0.15, -0.1) is 0 Å². The molecule has 0 saturated carbocycles. The Morgan fingerprint density at radius 2 is 1.71 bits per heavy atom. The summed E-state index contributed by atoms with van der Waals surface area (Å²) in [7, 11) is 1.41. The van der Waals surface area contributed by atoms with E-state index in [2.05, 4.69) is 34.1 Å². The maximum absolute atomic E-state index is 12.3. The molecular formula is C23H19BrN2O2. The second-order valence-electron chi connectivity index (χ2n) is 6.52. The molecule has 0 saturated heterocycles. The average Bonchev–Trinajstić information content (AvgIpc) is 2.74. The first-order valence-corrected chi connectivity index (χ1v) is 9.78. The van der Waals surface area contributed by atoms with E-state index in [1.165, 1.54) is 7.11 Å². The van der Waals surface area contributed by atoms with Gasteiger partial charge < -0.3 is 9.64 Å². The normalized spacial score (nSPS) is 15.6. The first kappa shape index (κ1) is 18.4. The monoisotopic (exact) mass is 434 g/mol. The Labute approximate surface area is 172 Å². The molecule has 0 radical (unpaired) electrons. The zero-order valence-electron chi connectivity index (χ0n) is 15.4. The lowest BCUT2D eigenvalue weighted by Gasteiger charge is -2.38. The molecule has 3 aromatic rings. The van der Waals surface area contributed by atoms with Crippen molar-refractivity contribution in [1.29, 1.82) is 0 Å². The summed E-state index contributed by atoms with van der Waals surface area (Å²) in [5.41, 5.74) is 4.00. The minimum Gasteiger partial charge on any atom is -0.468 e. The maximum atomic E-state index is 12.3. The number of esters is 1. The summed E-state index contributed by atoms with van der Waals surface area (Å²) in [4.78, 5) is 19.2. The number of benzene rings is 3. The maximum Gasteiger partial charge on any atom is 0.325 e. The highest BCUT2D eigenvalue weighted by Crippen LogP contribution is 2.41. The van der Waals surface area contributed by atoms with E-state index in [-0.39, 0.29) is 18.6 Å². The Bertz CT molecular complexity index is 1020. The van der Waals surface area contributed by atoms with E-state index in [0.717, 1.165) is 32.7 Å². The SMILES string of the molecule is COC(=O)CN1C(c2ccccc2)=Nc2ccc(Br)cc2[C@H]1c1ccccc1. The zero-order valence-corrected chi connectivity index (χ0v) is 17.0. The summed E-state index contributed by atoms with van der Waals surface area (Å²) in [6.45, 7) is 0.107. The fraction of sp³-hybridized carbons (Fsp3) is 0.130. The number of amidine groups is 1. The van der Waals surface area contributed by atoms with Crippen LogP contribution in [0.2, 0.25) is 0 Å². The molecule has 1 aliphatic rings. The van der Waals surface area contributed by atoms with Crippen LogP contribution < -0.4 is 0 Å². The summed E-state index contributed by atoms with van der Waals surface area (Å²) >= 11 is 3.58. The molecule has 4 nitrogen and oxygen atoms in total. The van der Waals surface area contributed by atoms with E-state index in [1.54, 1.807) is 0 Å². The van der Waals surface area contributed by atoms with Crippen LogP contribution in [0.15, 0.2) is 88.3 Å². The zero-order chi connectivity index (χ0) is 19.5. The third-order valence-corrected chi connectivity index (χ3v) is 5.26. The number of fused-ring (bicyclic) bond motifs is 1. The van der Waals surface area contributed by atoms with Crippen LogP contribution >= 0.6 is 15.9 Å². The van der Waals surface area contributed by atoms with Crippen molar-refractivity contribution in [2.24, 2.45) is 4.99 Å². The Balaban J connectivity index is 1.94. The third kappa shape index (κ3) is 3.58. The van der Waals surface area contributed by atoms with Crippen LogP contribution in [0.3, 0.4) is 0 Å². The van der Waals surface area contributed by atoms with Gasteiger partial charge >= 0.3 is 5.97 Å². The van der Waals surface area contributed by atoms with Crippen LogP contribution in [0.25, 0.3) is 0 Å². The number of aliphatic imine (C=N–C) groups is 1. The van der Waals surface area contributed by atoms with E-state index in [9.17, 15) is 4.79 Å². The molecule has 1 aliphatic heterocycles. The summed E-state index contributed by atoms with van der Waals surface area (Å²) in [6.07, 6.45) is 0. The van der Waals surface area contributed by atoms with Crippen molar-refractivity contribution in [3.63, 3.8) is 0 Å². The van der Waals surface area contributed by atoms with Crippen molar-refractivity contribution in [2.45, 2.75) is 6.04 Å². The number of nitrogens with zero attached hydrogens (tertiary/aromatic N) is 2. The van der Waals surface area contributed by atoms with Crippen LogP contribution in [-0.2, 0) is 9.53 Å². The number of methoxy groups -OCH3 is 1. The average molecular weight is 435 g/mol. The highest BCUT2D eigenvalue weighted by molar-refractivity contribution is 9.10. The number of ether oxygens (including phenoxy) is 1. The Morgan fingerprint density at radius 1 is 1.04 bits per heavy atom. The predicted molar refractivity (Wildman–Crippen MR) is 114 cm³/mol. The fourth-order valence-corrected chi connectivity index (χ4v) is 3.88. The lowest BCUT2D eigenvalue weighted by molar-refractivity contribution is -0.141. The molecule has 1 heterocycles. The molecule has 0 aromatic heterocycles. The van der Waals surface area contributed by atoms with Crippen molar-refractivity contribution in [3.05, 3.63) is 100 Å². The first-order chi connectivity index (χ1) is 13.7. The molecule has 5 heteroatoms. The second kappa shape index (κ2) is 7.98. The Hall–Kier alpha value is -2.92. The van der Waals surface area contributed by atoms with Crippen molar-refractivity contribution < 1.29 is 9.53 Å². The number of rotatable bonds is 4. The fourth-order valence-electron chi connectivity index (χ4n) is 3.50. The second-order valence-corrected chi connectivity index (χ2v) is 7.44. The minimum atomic E-state index is -0.303. The molecular weight excluding hydrogens is 416 g/mol. The van der Waals surface area contributed by atoms with Crippen LogP contribution in [0, 0.1) is 0 Å². The van der Waals surface area contributed by atoms with Gasteiger partial charge in [0.15, 0.2) is 0 Å². The Kier molecular flexibility index (Phi) is 5.26. The molecule has 140 valence electrons. The summed E-state index contributed by atoms with van der Waals surface area (Å²) in [6, 6.07) is 26.0. The van der Waals surface area contributed by atoms with Crippen LogP contribution in [0.5, 0.6) is 0 Å². The summed E-state index contributed by atoms with van der Waals surface area (Å²) in [5.74, 6) is 0.456. The molecule has 0 amide bonds. The van der Waals surface area contributed by atoms with Gasteiger partial charge in [0.1, 0.15) is 12.4 Å². The molecule has 1 atom stereocenters. The standard InChI is InChI=1S/C23H19BrN2O2/c1-28-21(27)15-26-22(16-8-4-2-5-9-16)19-14-18(24)12-13-20(19)25-23(26)17-10-6-3-7-11-17/h2-14,22H,15H2,1H3/t22-/m1/s1. The number of halogens is 1. The van der Waals surface area contributed by atoms with Gasteiger partial charge in [0.25, 0.3) is 0 Å². The van der Waals surface area contributed by atoms with E-state index in [1.807, 2.05) is 65.6 Å². The van der Waals surface area contributed by atoms with Crippen LogP contribution in [0.1, 0.15) is 22.7 Å². The molecule has 28 heavy (non-hydrogen) atoms. The topological polar surface area (TPSA) is 41.9 Å². The van der Waals surface area contributed by atoms with Gasteiger partial charge in [-0.25, -0.2) is 4.99 Å². The summed E-state index contributed by atoms with van der Waals surface area (Å²) in [5, 5.41) is 0.